The normalized spacial score (nSPS) is 24.8. The van der Waals surface area contributed by atoms with Crippen LogP contribution in [0.15, 0.2) is 4.99 Å². The van der Waals surface area contributed by atoms with Crippen LogP contribution in [0.3, 0.4) is 0 Å². The van der Waals surface area contributed by atoms with Gasteiger partial charge in [0.15, 0.2) is 0 Å². The van der Waals surface area contributed by atoms with Crippen LogP contribution < -0.4 is 4.72 Å². The van der Waals surface area contributed by atoms with E-state index in [1.807, 2.05) is 0 Å². The molecule has 19 heavy (non-hydrogen) atoms. The Balaban J connectivity index is 2.41. The van der Waals surface area contributed by atoms with Crippen LogP contribution in [0.4, 0.5) is 13.2 Å². The molecule has 1 saturated carbocycles. The molecule has 0 aliphatic heterocycles. The average Bonchev–Trinajstić information content (AvgIpc) is 2.29. The summed E-state index contributed by atoms with van der Waals surface area (Å²) in [5.41, 5.74) is 0. The maximum absolute atomic E-state index is 12.0. The van der Waals surface area contributed by atoms with E-state index in [0.717, 1.165) is 0 Å². The molecule has 0 bridgehead atoms. The second-order valence-corrected chi connectivity index (χ2v) is 6.58. The van der Waals surface area contributed by atoms with Gasteiger partial charge in [-0.25, -0.2) is 18.1 Å². The lowest BCUT2D eigenvalue weighted by Crippen LogP contribution is -2.40. The molecule has 0 amide bonds. The minimum absolute atomic E-state index is 0.0495. The van der Waals surface area contributed by atoms with Gasteiger partial charge in [0.05, 0.1) is 23.4 Å². The zero-order valence-corrected chi connectivity index (χ0v) is 11.7. The number of alkyl halides is 3. The first-order valence-corrected chi connectivity index (χ1v) is 7.91. The number of isothiocyanates is 1. The minimum atomic E-state index is -4.46. The number of thiocarbonyl (C=S) groups is 1. The summed E-state index contributed by atoms with van der Waals surface area (Å²) in [6.45, 7) is 0. The lowest BCUT2D eigenvalue weighted by atomic mass is 9.92. The van der Waals surface area contributed by atoms with Gasteiger partial charge in [0.2, 0.25) is 10.0 Å². The largest absolute Gasteiger partial charge is 0.390 e. The summed E-state index contributed by atoms with van der Waals surface area (Å²) in [4.78, 5) is 3.92. The molecule has 1 aliphatic carbocycles. The third kappa shape index (κ3) is 7.00. The molecule has 0 atom stereocenters. The van der Waals surface area contributed by atoms with Crippen LogP contribution >= 0.6 is 12.2 Å². The van der Waals surface area contributed by atoms with Crippen molar-refractivity contribution in [3.05, 3.63) is 0 Å². The summed E-state index contributed by atoms with van der Waals surface area (Å²) in [5.74, 6) is -0.922. The number of nitrogens with zero attached hydrogens (tertiary/aromatic N) is 1. The summed E-state index contributed by atoms with van der Waals surface area (Å²) in [6.07, 6.45) is -3.35. The molecule has 1 N–H and O–H groups in total. The molecule has 0 heterocycles. The first-order valence-electron chi connectivity index (χ1n) is 5.85. The zero-order chi connectivity index (χ0) is 14.5. The van der Waals surface area contributed by atoms with Gasteiger partial charge in [-0.1, -0.05) is 0 Å². The molecule has 0 unspecified atom stereocenters. The molecule has 0 radical (unpaired) electrons. The number of rotatable bonds is 5. The van der Waals surface area contributed by atoms with Gasteiger partial charge in [-0.2, -0.15) is 13.2 Å². The van der Waals surface area contributed by atoms with E-state index in [1.54, 1.807) is 0 Å². The van der Waals surface area contributed by atoms with Crippen LogP contribution in [0, 0.1) is 0 Å². The Morgan fingerprint density at radius 1 is 1.26 bits per heavy atom. The molecule has 0 aromatic heterocycles. The lowest BCUT2D eigenvalue weighted by molar-refractivity contribution is -0.130. The number of hydrogen-bond donors (Lipinski definition) is 1. The van der Waals surface area contributed by atoms with Crippen molar-refractivity contribution >= 4 is 27.4 Å². The molecule has 1 aliphatic rings. The van der Waals surface area contributed by atoms with Crippen LogP contribution in [0.1, 0.15) is 32.1 Å². The van der Waals surface area contributed by atoms with Crippen molar-refractivity contribution in [2.24, 2.45) is 4.99 Å². The fraction of sp³-hybridized carbons (Fsp3) is 0.900. The van der Waals surface area contributed by atoms with Crippen LogP contribution in [-0.4, -0.2) is 37.6 Å². The SMILES string of the molecule is O=S(=O)(CCC(F)(F)F)NC1CCC(N=C=S)CC1. The van der Waals surface area contributed by atoms with Crippen LogP contribution in [0.5, 0.6) is 0 Å². The van der Waals surface area contributed by atoms with Crippen molar-refractivity contribution in [3.8, 4) is 0 Å². The highest BCUT2D eigenvalue weighted by Gasteiger charge is 2.31. The molecule has 0 spiro atoms. The number of hydrogen-bond acceptors (Lipinski definition) is 4. The van der Waals surface area contributed by atoms with Gasteiger partial charge in [-0.15, -0.1) is 0 Å². The summed E-state index contributed by atoms with van der Waals surface area (Å²) in [5, 5.41) is 2.28. The molecule has 1 fully saturated rings. The van der Waals surface area contributed by atoms with Crippen molar-refractivity contribution in [3.63, 3.8) is 0 Å². The zero-order valence-electron chi connectivity index (χ0n) is 10.1. The topological polar surface area (TPSA) is 58.5 Å². The van der Waals surface area contributed by atoms with Crippen LogP contribution in [0.2, 0.25) is 0 Å². The second kappa shape index (κ2) is 6.78. The minimum Gasteiger partial charge on any atom is -0.229 e. The summed E-state index contributed by atoms with van der Waals surface area (Å²) >= 11 is 4.48. The van der Waals surface area contributed by atoms with Gasteiger partial charge in [-0.05, 0) is 37.9 Å². The first-order chi connectivity index (χ1) is 8.72. The first kappa shape index (κ1) is 16.6. The molecule has 4 nitrogen and oxygen atoms in total. The fourth-order valence-corrected chi connectivity index (χ4v) is 3.47. The average molecular weight is 316 g/mol. The van der Waals surface area contributed by atoms with E-state index in [9.17, 15) is 21.6 Å². The van der Waals surface area contributed by atoms with Crippen LogP contribution in [0.25, 0.3) is 0 Å². The standard InChI is InChI=1S/C10H15F3N2O2S2/c11-10(12,13)5-6-19(16,17)15-9-3-1-8(2-4-9)14-7-18/h8-9,15H,1-6H2. The van der Waals surface area contributed by atoms with Gasteiger partial charge in [0, 0.05) is 6.04 Å². The molecule has 110 valence electrons. The Morgan fingerprint density at radius 3 is 2.32 bits per heavy atom. The third-order valence-corrected chi connectivity index (χ3v) is 4.47. The predicted octanol–water partition coefficient (Wildman–Crippen LogP) is 2.27. The molecule has 9 heteroatoms. The highest BCUT2D eigenvalue weighted by atomic mass is 32.2. The number of aliphatic imine (C=N–C) groups is 1. The predicted molar refractivity (Wildman–Crippen MR) is 68.7 cm³/mol. The van der Waals surface area contributed by atoms with Crippen molar-refractivity contribution in [2.75, 3.05) is 5.75 Å². The van der Waals surface area contributed by atoms with E-state index in [1.165, 1.54) is 0 Å². The van der Waals surface area contributed by atoms with Gasteiger partial charge in [-0.3, -0.25) is 0 Å². The smallest absolute Gasteiger partial charge is 0.229 e. The maximum Gasteiger partial charge on any atom is 0.390 e. The summed E-state index contributed by atoms with van der Waals surface area (Å²) < 4.78 is 61.2. The third-order valence-electron chi connectivity index (χ3n) is 2.93. The van der Waals surface area contributed by atoms with E-state index >= 15 is 0 Å². The van der Waals surface area contributed by atoms with Crippen molar-refractivity contribution < 1.29 is 21.6 Å². The van der Waals surface area contributed by atoms with Crippen molar-refractivity contribution in [1.82, 2.24) is 4.72 Å². The molecule has 1 rings (SSSR count). The Labute approximate surface area is 115 Å². The van der Waals surface area contributed by atoms with Gasteiger partial charge < -0.3 is 0 Å². The van der Waals surface area contributed by atoms with Gasteiger partial charge in [0.25, 0.3) is 0 Å². The van der Waals surface area contributed by atoms with Crippen molar-refractivity contribution in [2.45, 2.75) is 50.4 Å². The Bertz CT molecular complexity index is 436. The van der Waals surface area contributed by atoms with E-state index in [4.69, 9.17) is 0 Å². The monoisotopic (exact) mass is 316 g/mol. The number of sulfonamides is 1. The molecular formula is C10H15F3N2O2S2. The van der Waals surface area contributed by atoms with Crippen molar-refractivity contribution in [1.29, 1.82) is 0 Å². The Hall–Kier alpha value is -0.500. The summed E-state index contributed by atoms with van der Waals surface area (Å²) in [7, 11) is -3.88. The lowest BCUT2D eigenvalue weighted by Gasteiger charge is -2.26. The number of nitrogens with one attached hydrogen (secondary N) is 1. The Morgan fingerprint density at radius 2 is 1.84 bits per heavy atom. The molecular weight excluding hydrogens is 301 g/mol. The Kier molecular flexibility index (Phi) is 5.91. The quantitative estimate of drug-likeness (QED) is 0.625. The molecule has 0 aromatic carbocycles. The van der Waals surface area contributed by atoms with E-state index in [-0.39, 0.29) is 12.1 Å². The van der Waals surface area contributed by atoms with E-state index < -0.39 is 28.4 Å². The highest BCUT2D eigenvalue weighted by molar-refractivity contribution is 7.89. The maximum atomic E-state index is 12.0. The van der Waals surface area contributed by atoms with Gasteiger partial charge >= 0.3 is 6.18 Å². The fourth-order valence-electron chi connectivity index (χ4n) is 1.96. The summed E-state index contributed by atoms with van der Waals surface area (Å²) in [6, 6.07) is -0.261. The second-order valence-electron chi connectivity index (χ2n) is 4.53. The molecule has 0 aromatic rings. The number of halogens is 3. The van der Waals surface area contributed by atoms with Gasteiger partial charge in [0.1, 0.15) is 0 Å². The van der Waals surface area contributed by atoms with E-state index in [2.05, 4.69) is 27.1 Å². The molecule has 0 saturated heterocycles. The van der Waals surface area contributed by atoms with E-state index in [0.29, 0.717) is 25.7 Å². The van der Waals surface area contributed by atoms with Crippen LogP contribution in [-0.2, 0) is 10.0 Å². The highest BCUT2D eigenvalue weighted by Crippen LogP contribution is 2.23.